The fourth-order valence-corrected chi connectivity index (χ4v) is 2.18. The van der Waals surface area contributed by atoms with E-state index in [1.165, 1.54) is 6.07 Å². The number of ketones is 1. The second-order valence-electron chi connectivity index (χ2n) is 4.36. The Morgan fingerprint density at radius 3 is 2.88 bits per heavy atom. The number of hydrogen-bond donors (Lipinski definition) is 0. The largest absolute Gasteiger partial charge is 0.293 e. The molecule has 1 unspecified atom stereocenters. The molecule has 2 nitrogen and oxygen atoms in total. The summed E-state index contributed by atoms with van der Waals surface area (Å²) in [6, 6.07) is 6.63. The van der Waals surface area contributed by atoms with Crippen molar-refractivity contribution in [2.75, 3.05) is 13.1 Å². The average molecular weight is 221 g/mol. The van der Waals surface area contributed by atoms with Gasteiger partial charge in [-0.2, -0.15) is 0 Å². The Labute approximate surface area is 95.1 Å². The summed E-state index contributed by atoms with van der Waals surface area (Å²) in [5.41, 5.74) is 0.210. The molecule has 1 saturated heterocycles. The van der Waals surface area contributed by atoms with Crippen LogP contribution in [0, 0.1) is 5.82 Å². The van der Waals surface area contributed by atoms with Gasteiger partial charge in [-0.25, -0.2) is 4.39 Å². The predicted molar refractivity (Wildman–Crippen MR) is 61.0 cm³/mol. The standard InChI is InChI=1S/C13H16FNO/c1-10-5-4-8-15(10)9-13(16)11-6-2-3-7-12(11)14/h2-3,6-7,10H,4-5,8-9H2,1H3. The third kappa shape index (κ3) is 2.30. The molecule has 1 aromatic rings. The summed E-state index contributed by atoms with van der Waals surface area (Å²) in [5, 5.41) is 0. The quantitative estimate of drug-likeness (QED) is 0.731. The summed E-state index contributed by atoms with van der Waals surface area (Å²) in [6.07, 6.45) is 2.26. The number of carbonyl (C=O) groups is 1. The van der Waals surface area contributed by atoms with Gasteiger partial charge >= 0.3 is 0 Å². The fourth-order valence-electron chi connectivity index (χ4n) is 2.18. The summed E-state index contributed by atoms with van der Waals surface area (Å²) in [4.78, 5) is 14.0. The van der Waals surface area contributed by atoms with Gasteiger partial charge in [0.1, 0.15) is 5.82 Å². The van der Waals surface area contributed by atoms with Crippen LogP contribution in [0.5, 0.6) is 0 Å². The average Bonchev–Trinajstić information content (AvgIpc) is 2.65. The van der Waals surface area contributed by atoms with Gasteiger partial charge in [0, 0.05) is 6.04 Å². The Bertz CT molecular complexity index is 391. The Morgan fingerprint density at radius 1 is 1.50 bits per heavy atom. The molecule has 0 aliphatic carbocycles. The molecule has 1 heterocycles. The van der Waals surface area contributed by atoms with Gasteiger partial charge in [0.25, 0.3) is 0 Å². The smallest absolute Gasteiger partial charge is 0.179 e. The van der Waals surface area contributed by atoms with Crippen molar-refractivity contribution in [1.29, 1.82) is 0 Å². The van der Waals surface area contributed by atoms with Gasteiger partial charge in [-0.05, 0) is 38.4 Å². The maximum Gasteiger partial charge on any atom is 0.179 e. The van der Waals surface area contributed by atoms with Gasteiger partial charge < -0.3 is 0 Å². The lowest BCUT2D eigenvalue weighted by Gasteiger charge is -2.19. The van der Waals surface area contributed by atoms with Crippen molar-refractivity contribution in [3.8, 4) is 0 Å². The lowest BCUT2D eigenvalue weighted by atomic mass is 10.1. The Balaban J connectivity index is 2.06. The molecule has 0 radical (unpaired) electrons. The molecule has 1 aliphatic rings. The highest BCUT2D eigenvalue weighted by Gasteiger charge is 2.23. The number of nitrogens with zero attached hydrogens (tertiary/aromatic N) is 1. The van der Waals surface area contributed by atoms with Gasteiger partial charge in [0.05, 0.1) is 12.1 Å². The summed E-state index contributed by atoms with van der Waals surface area (Å²) < 4.78 is 13.4. The van der Waals surface area contributed by atoms with E-state index in [4.69, 9.17) is 0 Å². The first-order valence-electron chi connectivity index (χ1n) is 5.70. The lowest BCUT2D eigenvalue weighted by Crippen LogP contribution is -2.32. The molecule has 3 heteroatoms. The van der Waals surface area contributed by atoms with Crippen LogP contribution in [0.4, 0.5) is 4.39 Å². The minimum atomic E-state index is -0.417. The fraction of sp³-hybridized carbons (Fsp3) is 0.462. The molecular weight excluding hydrogens is 205 g/mol. The van der Waals surface area contributed by atoms with E-state index < -0.39 is 5.82 Å². The Morgan fingerprint density at radius 2 is 2.25 bits per heavy atom. The molecule has 1 fully saturated rings. The molecule has 2 rings (SSSR count). The van der Waals surface area contributed by atoms with Crippen LogP contribution in [-0.2, 0) is 0 Å². The van der Waals surface area contributed by atoms with Crippen LogP contribution in [0.15, 0.2) is 24.3 Å². The van der Waals surface area contributed by atoms with Crippen molar-refractivity contribution in [3.05, 3.63) is 35.6 Å². The van der Waals surface area contributed by atoms with Crippen LogP contribution in [0.25, 0.3) is 0 Å². The van der Waals surface area contributed by atoms with Crippen LogP contribution in [-0.4, -0.2) is 29.8 Å². The molecular formula is C13H16FNO. The highest BCUT2D eigenvalue weighted by atomic mass is 19.1. The van der Waals surface area contributed by atoms with E-state index in [1.54, 1.807) is 18.2 Å². The molecule has 1 atom stereocenters. The predicted octanol–water partition coefficient (Wildman–Crippen LogP) is 2.49. The highest BCUT2D eigenvalue weighted by Crippen LogP contribution is 2.17. The Kier molecular flexibility index (Phi) is 3.34. The van der Waals surface area contributed by atoms with Crippen LogP contribution >= 0.6 is 0 Å². The number of likely N-dealkylation sites (tertiary alicyclic amines) is 1. The first-order valence-corrected chi connectivity index (χ1v) is 5.70. The van der Waals surface area contributed by atoms with Gasteiger partial charge in [-0.15, -0.1) is 0 Å². The second-order valence-corrected chi connectivity index (χ2v) is 4.36. The van der Waals surface area contributed by atoms with Gasteiger partial charge in [0.2, 0.25) is 0 Å². The zero-order valence-corrected chi connectivity index (χ0v) is 9.45. The number of halogens is 1. The zero-order valence-electron chi connectivity index (χ0n) is 9.45. The van der Waals surface area contributed by atoms with Crippen LogP contribution in [0.3, 0.4) is 0 Å². The SMILES string of the molecule is CC1CCCN1CC(=O)c1ccccc1F. The molecule has 16 heavy (non-hydrogen) atoms. The van der Waals surface area contributed by atoms with Crippen LogP contribution in [0.2, 0.25) is 0 Å². The van der Waals surface area contributed by atoms with E-state index in [0.717, 1.165) is 19.4 Å². The molecule has 0 amide bonds. The van der Waals surface area contributed by atoms with Crippen LogP contribution in [0.1, 0.15) is 30.1 Å². The third-order valence-corrected chi connectivity index (χ3v) is 3.21. The number of benzene rings is 1. The van der Waals surface area contributed by atoms with Gasteiger partial charge in [-0.1, -0.05) is 12.1 Å². The van der Waals surface area contributed by atoms with E-state index in [-0.39, 0.29) is 11.3 Å². The van der Waals surface area contributed by atoms with Crippen molar-refractivity contribution >= 4 is 5.78 Å². The zero-order chi connectivity index (χ0) is 11.5. The van der Waals surface area contributed by atoms with Crippen molar-refractivity contribution in [3.63, 3.8) is 0 Å². The van der Waals surface area contributed by atoms with E-state index in [9.17, 15) is 9.18 Å². The minimum absolute atomic E-state index is 0.119. The molecule has 1 aliphatic heterocycles. The third-order valence-electron chi connectivity index (χ3n) is 3.21. The molecule has 0 saturated carbocycles. The Hall–Kier alpha value is -1.22. The van der Waals surface area contributed by atoms with Gasteiger partial charge in [-0.3, -0.25) is 9.69 Å². The normalized spacial score (nSPS) is 21.2. The molecule has 0 spiro atoms. The molecule has 1 aromatic carbocycles. The second kappa shape index (κ2) is 4.74. The molecule has 0 N–H and O–H groups in total. The molecule has 0 bridgehead atoms. The van der Waals surface area contributed by atoms with Crippen molar-refractivity contribution in [1.82, 2.24) is 4.90 Å². The minimum Gasteiger partial charge on any atom is -0.293 e. The summed E-state index contributed by atoms with van der Waals surface area (Å²) in [5.74, 6) is -0.536. The van der Waals surface area contributed by atoms with Crippen LogP contribution < -0.4 is 0 Å². The number of Topliss-reactive ketones (excluding diaryl/α,β-unsaturated/α-hetero) is 1. The monoisotopic (exact) mass is 221 g/mol. The first kappa shape index (κ1) is 11.3. The van der Waals surface area contributed by atoms with Crippen molar-refractivity contribution < 1.29 is 9.18 Å². The van der Waals surface area contributed by atoms with Crippen molar-refractivity contribution in [2.45, 2.75) is 25.8 Å². The van der Waals surface area contributed by atoms with E-state index in [0.29, 0.717) is 12.6 Å². The maximum atomic E-state index is 13.4. The number of carbonyl (C=O) groups excluding carboxylic acids is 1. The first-order chi connectivity index (χ1) is 7.68. The molecule has 0 aromatic heterocycles. The maximum absolute atomic E-state index is 13.4. The van der Waals surface area contributed by atoms with E-state index in [2.05, 4.69) is 11.8 Å². The van der Waals surface area contributed by atoms with Crippen molar-refractivity contribution in [2.24, 2.45) is 0 Å². The highest BCUT2D eigenvalue weighted by molar-refractivity contribution is 5.97. The summed E-state index contributed by atoms with van der Waals surface area (Å²) in [7, 11) is 0. The van der Waals surface area contributed by atoms with E-state index in [1.807, 2.05) is 0 Å². The van der Waals surface area contributed by atoms with Gasteiger partial charge in [0.15, 0.2) is 5.78 Å². The summed E-state index contributed by atoms with van der Waals surface area (Å²) in [6.45, 7) is 3.39. The van der Waals surface area contributed by atoms with E-state index >= 15 is 0 Å². The number of hydrogen-bond acceptors (Lipinski definition) is 2. The lowest BCUT2D eigenvalue weighted by molar-refractivity contribution is 0.0922. The molecule has 86 valence electrons. The topological polar surface area (TPSA) is 20.3 Å². The summed E-state index contributed by atoms with van der Waals surface area (Å²) >= 11 is 0. The number of rotatable bonds is 3.